The van der Waals surface area contributed by atoms with Crippen LogP contribution in [-0.2, 0) is 4.74 Å². The monoisotopic (exact) mass is 260 g/mol. The van der Waals surface area contributed by atoms with Gasteiger partial charge >= 0.3 is 0 Å². The molecule has 0 aromatic carbocycles. The van der Waals surface area contributed by atoms with Crippen LogP contribution in [0.3, 0.4) is 0 Å². The Labute approximate surface area is 101 Å². The number of nitrogens with one attached hydrogen (secondary N) is 2. The number of ether oxygens (including phenoxy) is 1. The molecule has 0 amide bonds. The molecule has 1 aromatic rings. The van der Waals surface area contributed by atoms with Crippen LogP contribution in [0.5, 0.6) is 0 Å². The minimum absolute atomic E-state index is 0.126. The van der Waals surface area contributed by atoms with E-state index in [1.165, 1.54) is 6.20 Å². The van der Waals surface area contributed by atoms with Crippen molar-refractivity contribution in [1.82, 2.24) is 9.97 Å². The second kappa shape index (κ2) is 4.67. The van der Waals surface area contributed by atoms with Crippen molar-refractivity contribution in [2.24, 2.45) is 0 Å². The summed E-state index contributed by atoms with van der Waals surface area (Å²) in [5.41, 5.74) is -0.371. The summed E-state index contributed by atoms with van der Waals surface area (Å²) in [6.45, 7) is -0.435. The summed E-state index contributed by atoms with van der Waals surface area (Å²) in [6.07, 6.45) is -3.07. The molecule has 0 aliphatic carbocycles. The number of aliphatic hydroxyl groups excluding tert-OH is 3. The van der Waals surface area contributed by atoms with Gasteiger partial charge in [0.2, 0.25) is 0 Å². The van der Waals surface area contributed by atoms with Gasteiger partial charge in [0.15, 0.2) is 4.77 Å². The van der Waals surface area contributed by atoms with E-state index in [1.54, 1.807) is 0 Å². The first kappa shape index (κ1) is 12.4. The normalized spacial score (nSPS) is 32.9. The van der Waals surface area contributed by atoms with Crippen molar-refractivity contribution in [1.29, 1.82) is 0 Å². The van der Waals surface area contributed by atoms with Crippen molar-refractivity contribution in [3.05, 3.63) is 26.9 Å². The van der Waals surface area contributed by atoms with Gasteiger partial charge in [0, 0.05) is 6.20 Å². The third kappa shape index (κ3) is 2.17. The van der Waals surface area contributed by atoms with Gasteiger partial charge < -0.3 is 25.0 Å². The van der Waals surface area contributed by atoms with Crippen molar-refractivity contribution in [2.45, 2.75) is 24.4 Å². The number of aliphatic hydroxyl groups is 3. The summed E-state index contributed by atoms with van der Waals surface area (Å²) in [4.78, 5) is 16.6. The maximum Gasteiger partial charge on any atom is 0.257 e. The van der Waals surface area contributed by atoms with Gasteiger partial charge in [-0.25, -0.2) is 0 Å². The molecule has 2 heterocycles. The van der Waals surface area contributed by atoms with Gasteiger partial charge in [-0.2, -0.15) is 0 Å². The molecule has 1 fully saturated rings. The molecule has 1 saturated heterocycles. The number of H-pyrrole nitrogens is 2. The van der Waals surface area contributed by atoms with Crippen molar-refractivity contribution in [2.75, 3.05) is 6.61 Å². The maximum atomic E-state index is 11.6. The lowest BCUT2D eigenvalue weighted by molar-refractivity contribution is -0.0232. The highest BCUT2D eigenvalue weighted by atomic mass is 32.1. The first-order valence-corrected chi connectivity index (χ1v) is 5.39. The Hall–Kier alpha value is -1.06. The molecule has 4 atom stereocenters. The molecule has 0 spiro atoms. The van der Waals surface area contributed by atoms with Crippen molar-refractivity contribution in [3.8, 4) is 0 Å². The quantitative estimate of drug-likeness (QED) is 0.417. The second-order valence-electron chi connectivity index (χ2n) is 3.79. The molecule has 7 nitrogen and oxygen atoms in total. The van der Waals surface area contributed by atoms with E-state index in [0.29, 0.717) is 0 Å². The molecule has 1 aliphatic heterocycles. The van der Waals surface area contributed by atoms with Gasteiger partial charge in [-0.15, -0.1) is 0 Å². The minimum Gasteiger partial charge on any atom is -0.394 e. The number of hydrogen-bond acceptors (Lipinski definition) is 6. The Bertz CT molecular complexity index is 513. The van der Waals surface area contributed by atoms with E-state index in [0.717, 1.165) is 0 Å². The zero-order valence-corrected chi connectivity index (χ0v) is 9.48. The fourth-order valence-electron chi connectivity index (χ4n) is 1.79. The van der Waals surface area contributed by atoms with Gasteiger partial charge in [-0.05, 0) is 12.2 Å². The topological polar surface area (TPSA) is 119 Å². The molecule has 1 aromatic heterocycles. The maximum absolute atomic E-state index is 11.6. The third-order valence-corrected chi connectivity index (χ3v) is 2.92. The van der Waals surface area contributed by atoms with Gasteiger partial charge in [-0.3, -0.25) is 9.78 Å². The van der Waals surface area contributed by atoms with Crippen LogP contribution in [0.15, 0.2) is 11.0 Å². The molecule has 17 heavy (non-hydrogen) atoms. The summed E-state index contributed by atoms with van der Waals surface area (Å²) in [5.74, 6) is 0. The van der Waals surface area contributed by atoms with Gasteiger partial charge in [0.25, 0.3) is 5.56 Å². The van der Waals surface area contributed by atoms with Crippen molar-refractivity contribution >= 4 is 12.2 Å². The molecule has 94 valence electrons. The summed E-state index contributed by atoms with van der Waals surface area (Å²) in [5, 5.41) is 28.2. The number of hydrogen-bond donors (Lipinski definition) is 5. The van der Waals surface area contributed by atoms with Crippen molar-refractivity contribution < 1.29 is 20.1 Å². The van der Waals surface area contributed by atoms with E-state index in [4.69, 9.17) is 22.1 Å². The second-order valence-corrected chi connectivity index (χ2v) is 4.19. The van der Waals surface area contributed by atoms with Crippen molar-refractivity contribution in [3.63, 3.8) is 0 Å². The Kier molecular flexibility index (Phi) is 3.40. The summed E-state index contributed by atoms with van der Waals surface area (Å²) >= 11 is 4.73. The molecule has 0 bridgehead atoms. The Morgan fingerprint density at radius 2 is 2.12 bits per heavy atom. The predicted octanol–water partition coefficient (Wildman–Crippen LogP) is -1.41. The summed E-state index contributed by atoms with van der Waals surface area (Å²) in [7, 11) is 0. The highest BCUT2D eigenvalue weighted by Gasteiger charge is 2.44. The molecule has 0 saturated carbocycles. The molecule has 2 rings (SSSR count). The van der Waals surface area contributed by atoms with E-state index in [9.17, 15) is 15.0 Å². The fourth-order valence-corrected chi connectivity index (χ4v) is 1.94. The Morgan fingerprint density at radius 1 is 1.41 bits per heavy atom. The summed E-state index contributed by atoms with van der Waals surface area (Å²) in [6, 6.07) is 0. The van der Waals surface area contributed by atoms with Crippen LogP contribution >= 0.6 is 12.2 Å². The fraction of sp³-hybridized carbons (Fsp3) is 0.556. The Morgan fingerprint density at radius 3 is 2.65 bits per heavy atom. The number of aromatic amines is 2. The van der Waals surface area contributed by atoms with Crippen LogP contribution in [-0.4, -0.2) is 50.2 Å². The zero-order chi connectivity index (χ0) is 12.6. The molecular weight excluding hydrogens is 248 g/mol. The molecule has 1 aliphatic rings. The predicted molar refractivity (Wildman–Crippen MR) is 59.0 cm³/mol. The molecule has 8 heteroatoms. The van der Waals surface area contributed by atoms with Gasteiger partial charge in [0.05, 0.1) is 12.2 Å². The average molecular weight is 260 g/mol. The zero-order valence-electron chi connectivity index (χ0n) is 8.66. The van der Waals surface area contributed by atoms with Crippen LogP contribution < -0.4 is 5.56 Å². The van der Waals surface area contributed by atoms with E-state index >= 15 is 0 Å². The van der Waals surface area contributed by atoms with E-state index < -0.39 is 36.6 Å². The smallest absolute Gasteiger partial charge is 0.257 e. The molecule has 0 radical (unpaired) electrons. The molecular formula is C9H12N2O5S. The van der Waals surface area contributed by atoms with Crippen LogP contribution in [0.2, 0.25) is 0 Å². The van der Waals surface area contributed by atoms with Crippen LogP contribution in [0.25, 0.3) is 0 Å². The third-order valence-electron chi connectivity index (χ3n) is 2.70. The van der Waals surface area contributed by atoms with Crippen LogP contribution in [0.4, 0.5) is 0 Å². The first-order chi connectivity index (χ1) is 8.04. The molecule has 5 N–H and O–H groups in total. The average Bonchev–Trinajstić information content (AvgIpc) is 2.57. The lowest BCUT2D eigenvalue weighted by Crippen LogP contribution is -2.33. The van der Waals surface area contributed by atoms with Crippen LogP contribution in [0.1, 0.15) is 11.7 Å². The SMILES string of the molecule is O=c1[nH]c(=S)[nH]cc1C1OC(CO)C(O)C1O. The van der Waals surface area contributed by atoms with E-state index in [1.807, 2.05) is 0 Å². The first-order valence-electron chi connectivity index (χ1n) is 4.99. The molecule has 4 unspecified atom stereocenters. The van der Waals surface area contributed by atoms with Gasteiger partial charge in [0.1, 0.15) is 24.4 Å². The van der Waals surface area contributed by atoms with Crippen LogP contribution in [0, 0.1) is 4.77 Å². The van der Waals surface area contributed by atoms with Gasteiger partial charge in [-0.1, -0.05) is 0 Å². The highest BCUT2D eigenvalue weighted by Crippen LogP contribution is 2.31. The summed E-state index contributed by atoms with van der Waals surface area (Å²) < 4.78 is 5.38. The number of aromatic nitrogens is 2. The lowest BCUT2D eigenvalue weighted by atomic mass is 10.0. The lowest BCUT2D eigenvalue weighted by Gasteiger charge is -2.13. The largest absolute Gasteiger partial charge is 0.394 e. The van der Waals surface area contributed by atoms with E-state index in [-0.39, 0.29) is 10.3 Å². The highest BCUT2D eigenvalue weighted by molar-refractivity contribution is 7.71. The minimum atomic E-state index is -1.27. The van der Waals surface area contributed by atoms with E-state index in [2.05, 4.69) is 9.97 Å². The Balaban J connectivity index is 2.35. The standard InChI is InChI=1S/C9H12N2O5S/c12-2-4-5(13)6(14)7(16-4)3-1-10-9(17)11-8(3)15/h1,4-7,12-14H,2H2,(H2,10,11,15,17). The number of rotatable bonds is 2.